The van der Waals surface area contributed by atoms with Gasteiger partial charge in [-0.15, -0.1) is 10.2 Å². The van der Waals surface area contributed by atoms with Crippen LogP contribution in [0.2, 0.25) is 0 Å². The topological polar surface area (TPSA) is 70.5 Å². The van der Waals surface area contributed by atoms with Gasteiger partial charge in [-0.1, -0.05) is 46.0 Å². The number of hydrogen-bond donors (Lipinski definition) is 0. The van der Waals surface area contributed by atoms with E-state index in [1.54, 1.807) is 36.4 Å². The maximum absolute atomic E-state index is 12.2. The maximum atomic E-state index is 12.2. The van der Waals surface area contributed by atoms with Crippen molar-refractivity contribution in [3.8, 4) is 17.5 Å². The maximum Gasteiger partial charge on any atom is 0.344 e. The fourth-order valence-corrected chi connectivity index (χ4v) is 2.53. The van der Waals surface area contributed by atoms with E-state index in [4.69, 9.17) is 14.2 Å². The van der Waals surface area contributed by atoms with Crippen molar-refractivity contribution in [1.82, 2.24) is 10.2 Å². The number of carbonyl (C=O) groups excluding carboxylic acids is 1. The summed E-state index contributed by atoms with van der Waals surface area (Å²) >= 11 is 0. The second-order valence-corrected chi connectivity index (χ2v) is 6.59. The molecule has 152 valence electrons. The van der Waals surface area contributed by atoms with Gasteiger partial charge in [-0.05, 0) is 37.1 Å². The molecule has 0 aliphatic heterocycles. The van der Waals surface area contributed by atoms with Crippen LogP contribution in [-0.4, -0.2) is 29.4 Å². The summed E-state index contributed by atoms with van der Waals surface area (Å²) in [6, 6.07) is 10.1. The van der Waals surface area contributed by atoms with Crippen LogP contribution in [0.3, 0.4) is 0 Å². The highest BCUT2D eigenvalue weighted by molar-refractivity contribution is 5.90. The first kappa shape index (κ1) is 21.7. The van der Waals surface area contributed by atoms with Gasteiger partial charge in [-0.3, -0.25) is 0 Å². The van der Waals surface area contributed by atoms with Gasteiger partial charge in [0.15, 0.2) is 0 Å². The summed E-state index contributed by atoms with van der Waals surface area (Å²) in [5, 5.41) is 7.81. The Hall–Kier alpha value is -2.63. The zero-order chi connectivity index (χ0) is 20.0. The molecule has 0 saturated carbocycles. The van der Waals surface area contributed by atoms with Crippen LogP contribution in [0.15, 0.2) is 36.4 Å². The van der Waals surface area contributed by atoms with Crippen molar-refractivity contribution >= 4 is 5.97 Å². The highest BCUT2D eigenvalue weighted by atomic mass is 16.5. The largest absolute Gasteiger partial charge is 0.494 e. The Morgan fingerprint density at radius 2 is 1.36 bits per heavy atom. The van der Waals surface area contributed by atoms with Gasteiger partial charge in [0.2, 0.25) is 11.8 Å². The van der Waals surface area contributed by atoms with Gasteiger partial charge in [0, 0.05) is 12.1 Å². The molecule has 6 heteroatoms. The van der Waals surface area contributed by atoms with Crippen LogP contribution in [0.4, 0.5) is 0 Å². The second kappa shape index (κ2) is 12.7. The molecule has 0 radical (unpaired) electrons. The lowest BCUT2D eigenvalue weighted by Gasteiger charge is -2.07. The van der Waals surface area contributed by atoms with Gasteiger partial charge in [-0.2, -0.15) is 0 Å². The Morgan fingerprint density at radius 3 is 2.04 bits per heavy atom. The van der Waals surface area contributed by atoms with Crippen molar-refractivity contribution in [3.63, 3.8) is 0 Å². The minimum atomic E-state index is -0.486. The number of carbonyl (C=O) groups is 1. The van der Waals surface area contributed by atoms with Crippen molar-refractivity contribution in [1.29, 1.82) is 0 Å². The fraction of sp³-hybridized carbons (Fsp3) is 0.500. The first-order chi connectivity index (χ1) is 13.7. The normalized spacial score (nSPS) is 10.5. The Balaban J connectivity index is 1.77. The lowest BCUT2D eigenvalue weighted by atomic mass is 10.2. The van der Waals surface area contributed by atoms with Crippen molar-refractivity contribution in [2.75, 3.05) is 13.2 Å². The second-order valence-electron chi connectivity index (χ2n) is 6.59. The molecule has 0 aliphatic rings. The predicted octanol–water partition coefficient (Wildman–Crippen LogP) is 5.22. The minimum absolute atomic E-state index is 0.141. The van der Waals surface area contributed by atoms with E-state index >= 15 is 0 Å². The molecule has 0 atom stereocenters. The summed E-state index contributed by atoms with van der Waals surface area (Å²) < 4.78 is 16.4. The molecular weight excluding hydrogens is 356 g/mol. The Kier molecular flexibility index (Phi) is 9.83. The molecule has 6 nitrogen and oxygen atoms in total. The number of nitrogens with zero attached hydrogens (tertiary/aromatic N) is 2. The van der Waals surface area contributed by atoms with E-state index in [9.17, 15) is 4.79 Å². The van der Waals surface area contributed by atoms with E-state index in [0.29, 0.717) is 24.7 Å². The van der Waals surface area contributed by atoms with Crippen LogP contribution in [-0.2, 0) is 0 Å². The van der Waals surface area contributed by atoms with Gasteiger partial charge in [0.1, 0.15) is 5.75 Å². The van der Waals surface area contributed by atoms with Crippen molar-refractivity contribution < 1.29 is 19.0 Å². The zero-order valence-corrected chi connectivity index (χ0v) is 16.9. The third kappa shape index (κ3) is 7.94. The molecule has 0 spiro atoms. The third-order valence-corrected chi connectivity index (χ3v) is 4.17. The average Bonchev–Trinajstić information content (AvgIpc) is 2.72. The summed E-state index contributed by atoms with van der Waals surface area (Å²) in [6.07, 6.45) is 7.87. The van der Waals surface area contributed by atoms with Crippen LogP contribution in [0.1, 0.15) is 69.2 Å². The van der Waals surface area contributed by atoms with E-state index in [-0.39, 0.29) is 5.88 Å². The highest BCUT2D eigenvalue weighted by Crippen LogP contribution is 2.16. The van der Waals surface area contributed by atoms with Gasteiger partial charge < -0.3 is 14.2 Å². The van der Waals surface area contributed by atoms with E-state index in [1.807, 2.05) is 0 Å². The summed E-state index contributed by atoms with van der Waals surface area (Å²) in [6.45, 7) is 5.61. The number of aromatic nitrogens is 2. The number of esters is 1. The fourth-order valence-electron chi connectivity index (χ4n) is 2.53. The van der Waals surface area contributed by atoms with Crippen molar-refractivity contribution in [2.24, 2.45) is 0 Å². The van der Waals surface area contributed by atoms with Crippen LogP contribution in [0.25, 0.3) is 0 Å². The minimum Gasteiger partial charge on any atom is -0.494 e. The first-order valence-electron chi connectivity index (χ1n) is 10.1. The third-order valence-electron chi connectivity index (χ3n) is 4.17. The first-order valence-corrected chi connectivity index (χ1v) is 10.1. The van der Waals surface area contributed by atoms with Crippen LogP contribution < -0.4 is 14.2 Å². The number of unbranched alkanes of at least 4 members (excludes halogenated alkanes) is 5. The van der Waals surface area contributed by atoms with E-state index in [0.717, 1.165) is 31.4 Å². The molecule has 2 aromatic rings. The molecule has 1 aromatic heterocycles. The number of ether oxygens (including phenoxy) is 3. The molecule has 0 saturated heterocycles. The lowest BCUT2D eigenvalue weighted by molar-refractivity contribution is 0.0725. The highest BCUT2D eigenvalue weighted by Gasteiger charge is 2.10. The van der Waals surface area contributed by atoms with Crippen molar-refractivity contribution in [3.05, 3.63) is 42.0 Å². The van der Waals surface area contributed by atoms with E-state index in [2.05, 4.69) is 24.0 Å². The number of rotatable bonds is 13. The Labute approximate surface area is 167 Å². The quantitative estimate of drug-likeness (QED) is 0.347. The number of hydrogen-bond acceptors (Lipinski definition) is 6. The standard InChI is InChI=1S/C22H30N2O4/c1-3-5-7-9-16-26-19-12-10-18(11-13-19)22(25)28-21-15-14-20(23-24-21)27-17-8-6-4-2/h10-15H,3-9,16-17H2,1-2H3. The van der Waals surface area contributed by atoms with Crippen LogP contribution in [0, 0.1) is 0 Å². The predicted molar refractivity (Wildman–Crippen MR) is 108 cm³/mol. The molecule has 1 heterocycles. The van der Waals surface area contributed by atoms with Crippen molar-refractivity contribution in [2.45, 2.75) is 58.8 Å². The molecular formula is C22H30N2O4. The molecule has 0 unspecified atom stereocenters. The molecule has 1 aromatic carbocycles. The number of benzene rings is 1. The smallest absolute Gasteiger partial charge is 0.344 e. The average molecular weight is 386 g/mol. The molecule has 0 N–H and O–H groups in total. The lowest BCUT2D eigenvalue weighted by Crippen LogP contribution is -2.10. The molecule has 0 fully saturated rings. The monoisotopic (exact) mass is 386 g/mol. The zero-order valence-electron chi connectivity index (χ0n) is 16.9. The van der Waals surface area contributed by atoms with Crippen LogP contribution in [0.5, 0.6) is 17.5 Å². The molecule has 2 rings (SSSR count). The Morgan fingerprint density at radius 1 is 0.750 bits per heavy atom. The van der Waals surface area contributed by atoms with E-state index in [1.165, 1.54) is 19.3 Å². The molecule has 0 amide bonds. The molecule has 0 bridgehead atoms. The summed E-state index contributed by atoms with van der Waals surface area (Å²) in [5.74, 6) is 0.830. The summed E-state index contributed by atoms with van der Waals surface area (Å²) in [4.78, 5) is 12.2. The SMILES string of the molecule is CCCCCCOc1ccc(C(=O)Oc2ccc(OCCCCC)nn2)cc1. The molecule has 0 aliphatic carbocycles. The summed E-state index contributed by atoms with van der Waals surface area (Å²) in [5.41, 5.74) is 0.431. The van der Waals surface area contributed by atoms with Gasteiger partial charge in [0.05, 0.1) is 18.8 Å². The van der Waals surface area contributed by atoms with Crippen LogP contribution >= 0.6 is 0 Å². The van der Waals surface area contributed by atoms with Gasteiger partial charge in [0.25, 0.3) is 0 Å². The molecule has 28 heavy (non-hydrogen) atoms. The van der Waals surface area contributed by atoms with Gasteiger partial charge in [-0.25, -0.2) is 4.79 Å². The summed E-state index contributed by atoms with van der Waals surface area (Å²) in [7, 11) is 0. The van der Waals surface area contributed by atoms with Gasteiger partial charge >= 0.3 is 5.97 Å². The Bertz CT molecular complexity index is 687. The van der Waals surface area contributed by atoms with E-state index < -0.39 is 5.97 Å².